The first-order chi connectivity index (χ1) is 10.2. The van der Waals surface area contributed by atoms with Gasteiger partial charge in [-0.3, -0.25) is 0 Å². The van der Waals surface area contributed by atoms with Gasteiger partial charge in [0, 0.05) is 6.04 Å². The molecule has 2 rings (SSSR count). The van der Waals surface area contributed by atoms with Gasteiger partial charge in [-0.25, -0.2) is 0 Å². The fourth-order valence-corrected chi connectivity index (χ4v) is 4.36. The predicted octanol–water partition coefficient (Wildman–Crippen LogP) is 4.80. The number of rotatable bonds is 6. The highest BCUT2D eigenvalue weighted by Crippen LogP contribution is 2.35. The lowest BCUT2D eigenvalue weighted by Crippen LogP contribution is -2.39. The first-order valence-electron chi connectivity index (χ1n) is 8.17. The average Bonchev–Trinajstić information content (AvgIpc) is 2.48. The molecule has 118 valence electrons. The van der Waals surface area contributed by atoms with Crippen LogP contribution in [0.5, 0.6) is 5.75 Å². The third-order valence-corrected chi connectivity index (χ3v) is 5.49. The van der Waals surface area contributed by atoms with Crippen molar-refractivity contribution in [1.82, 2.24) is 5.32 Å². The lowest BCUT2D eigenvalue weighted by atomic mass is 9.74. The molecule has 1 fully saturated rings. The summed E-state index contributed by atoms with van der Waals surface area (Å²) < 4.78 is 6.38. The van der Waals surface area contributed by atoms with Gasteiger partial charge in [0.05, 0.1) is 11.6 Å². The second kappa shape index (κ2) is 8.19. The van der Waals surface area contributed by atoms with E-state index >= 15 is 0 Å². The quantitative estimate of drug-likeness (QED) is 0.792. The standard InChI is InChI=1S/C18H28BrNO/c1-4-5-13-6-8-17(20-2)15(10-13)11-14-7-9-18(21-3)16(19)12-14/h7,9,12-13,15,17,20H,4-6,8,10-11H2,1-3H3. The van der Waals surface area contributed by atoms with Crippen LogP contribution in [-0.4, -0.2) is 20.2 Å². The Morgan fingerprint density at radius 3 is 2.76 bits per heavy atom. The molecule has 0 aromatic heterocycles. The molecular weight excluding hydrogens is 326 g/mol. The summed E-state index contributed by atoms with van der Waals surface area (Å²) in [4.78, 5) is 0. The average molecular weight is 354 g/mol. The zero-order chi connectivity index (χ0) is 15.2. The Labute approximate surface area is 137 Å². The van der Waals surface area contributed by atoms with E-state index in [0.29, 0.717) is 6.04 Å². The van der Waals surface area contributed by atoms with Crippen LogP contribution < -0.4 is 10.1 Å². The van der Waals surface area contributed by atoms with Crippen molar-refractivity contribution in [1.29, 1.82) is 0 Å². The van der Waals surface area contributed by atoms with E-state index in [1.807, 2.05) is 0 Å². The molecular formula is C18H28BrNO. The fraction of sp³-hybridized carbons (Fsp3) is 0.667. The fourth-order valence-electron chi connectivity index (χ4n) is 3.78. The van der Waals surface area contributed by atoms with E-state index in [4.69, 9.17) is 4.74 Å². The predicted molar refractivity (Wildman–Crippen MR) is 93.0 cm³/mol. The number of halogens is 1. The summed E-state index contributed by atoms with van der Waals surface area (Å²) in [7, 11) is 3.83. The zero-order valence-corrected chi connectivity index (χ0v) is 15.1. The van der Waals surface area contributed by atoms with Crippen LogP contribution in [0.4, 0.5) is 0 Å². The van der Waals surface area contributed by atoms with Crippen molar-refractivity contribution >= 4 is 15.9 Å². The molecule has 3 heteroatoms. The summed E-state index contributed by atoms with van der Waals surface area (Å²) in [5.41, 5.74) is 1.41. The van der Waals surface area contributed by atoms with Crippen molar-refractivity contribution in [3.8, 4) is 5.75 Å². The van der Waals surface area contributed by atoms with Crippen LogP contribution in [-0.2, 0) is 6.42 Å². The molecule has 2 nitrogen and oxygen atoms in total. The Balaban J connectivity index is 2.05. The second-order valence-electron chi connectivity index (χ2n) is 6.30. The lowest BCUT2D eigenvalue weighted by Gasteiger charge is -2.36. The van der Waals surface area contributed by atoms with Gasteiger partial charge in [0.2, 0.25) is 0 Å². The molecule has 1 aliphatic carbocycles. The number of methoxy groups -OCH3 is 1. The highest BCUT2D eigenvalue weighted by Gasteiger charge is 2.29. The van der Waals surface area contributed by atoms with Crippen LogP contribution in [0.1, 0.15) is 44.6 Å². The second-order valence-corrected chi connectivity index (χ2v) is 7.15. The SMILES string of the molecule is CCCC1CCC(NC)C(Cc2ccc(OC)c(Br)c2)C1. The highest BCUT2D eigenvalue weighted by atomic mass is 79.9. The van der Waals surface area contributed by atoms with Crippen molar-refractivity contribution in [2.45, 2.75) is 51.5 Å². The molecule has 1 aromatic rings. The van der Waals surface area contributed by atoms with Crippen molar-refractivity contribution in [3.05, 3.63) is 28.2 Å². The molecule has 1 saturated carbocycles. The third kappa shape index (κ3) is 4.46. The number of ether oxygens (including phenoxy) is 1. The Hall–Kier alpha value is -0.540. The third-order valence-electron chi connectivity index (χ3n) is 4.87. The minimum atomic E-state index is 0.666. The number of hydrogen-bond acceptors (Lipinski definition) is 2. The van der Waals surface area contributed by atoms with Crippen molar-refractivity contribution in [2.24, 2.45) is 11.8 Å². The lowest BCUT2D eigenvalue weighted by molar-refractivity contribution is 0.200. The van der Waals surface area contributed by atoms with Gasteiger partial charge in [-0.05, 0) is 78.2 Å². The first kappa shape index (κ1) is 16.8. The van der Waals surface area contributed by atoms with Gasteiger partial charge in [0.15, 0.2) is 0 Å². The molecule has 0 amide bonds. The maximum atomic E-state index is 5.32. The molecule has 0 heterocycles. The molecule has 0 aliphatic heterocycles. The Morgan fingerprint density at radius 2 is 2.14 bits per heavy atom. The van der Waals surface area contributed by atoms with Crippen molar-refractivity contribution in [2.75, 3.05) is 14.2 Å². The molecule has 0 radical (unpaired) electrons. The Kier molecular flexibility index (Phi) is 6.56. The van der Waals surface area contributed by atoms with Crippen LogP contribution in [0, 0.1) is 11.8 Å². The number of benzene rings is 1. The minimum Gasteiger partial charge on any atom is -0.496 e. The maximum Gasteiger partial charge on any atom is 0.133 e. The van der Waals surface area contributed by atoms with Crippen LogP contribution in [0.3, 0.4) is 0 Å². The number of hydrogen-bond donors (Lipinski definition) is 1. The van der Waals surface area contributed by atoms with Gasteiger partial charge < -0.3 is 10.1 Å². The van der Waals surface area contributed by atoms with Crippen LogP contribution >= 0.6 is 15.9 Å². The van der Waals surface area contributed by atoms with Crippen LogP contribution in [0.15, 0.2) is 22.7 Å². The molecule has 3 unspecified atom stereocenters. The zero-order valence-electron chi connectivity index (χ0n) is 13.5. The van der Waals surface area contributed by atoms with E-state index in [-0.39, 0.29) is 0 Å². The van der Waals surface area contributed by atoms with Gasteiger partial charge in [-0.15, -0.1) is 0 Å². The molecule has 1 aliphatic rings. The van der Waals surface area contributed by atoms with Gasteiger partial charge in [-0.1, -0.05) is 25.8 Å². The topological polar surface area (TPSA) is 21.3 Å². The largest absolute Gasteiger partial charge is 0.496 e. The molecule has 1 N–H and O–H groups in total. The number of nitrogens with one attached hydrogen (secondary N) is 1. The smallest absolute Gasteiger partial charge is 0.133 e. The van der Waals surface area contributed by atoms with Crippen molar-refractivity contribution < 1.29 is 4.74 Å². The summed E-state index contributed by atoms with van der Waals surface area (Å²) in [5.74, 6) is 2.59. The van der Waals surface area contributed by atoms with E-state index in [2.05, 4.69) is 53.4 Å². The van der Waals surface area contributed by atoms with Crippen molar-refractivity contribution in [3.63, 3.8) is 0 Å². The summed E-state index contributed by atoms with van der Waals surface area (Å²) in [6, 6.07) is 7.16. The summed E-state index contributed by atoms with van der Waals surface area (Å²) in [5, 5.41) is 3.54. The molecule has 21 heavy (non-hydrogen) atoms. The van der Waals surface area contributed by atoms with E-state index in [0.717, 1.165) is 28.5 Å². The minimum absolute atomic E-state index is 0.666. The van der Waals surface area contributed by atoms with Gasteiger partial charge in [0.1, 0.15) is 5.75 Å². The molecule has 0 spiro atoms. The molecule has 1 aromatic carbocycles. The molecule has 3 atom stereocenters. The van der Waals surface area contributed by atoms with E-state index in [1.165, 1.54) is 37.7 Å². The van der Waals surface area contributed by atoms with Crippen LogP contribution in [0.2, 0.25) is 0 Å². The summed E-state index contributed by atoms with van der Waals surface area (Å²) >= 11 is 3.60. The monoisotopic (exact) mass is 353 g/mol. The Bertz CT molecular complexity index is 449. The van der Waals surface area contributed by atoms with E-state index in [9.17, 15) is 0 Å². The van der Waals surface area contributed by atoms with Gasteiger partial charge in [-0.2, -0.15) is 0 Å². The van der Waals surface area contributed by atoms with E-state index < -0.39 is 0 Å². The maximum absolute atomic E-state index is 5.32. The summed E-state index contributed by atoms with van der Waals surface area (Å²) in [6.07, 6.45) is 7.94. The Morgan fingerprint density at radius 1 is 1.33 bits per heavy atom. The molecule has 0 bridgehead atoms. The molecule has 0 saturated heterocycles. The van der Waals surface area contributed by atoms with Gasteiger partial charge in [0.25, 0.3) is 0 Å². The normalized spacial score (nSPS) is 25.8. The summed E-state index contributed by atoms with van der Waals surface area (Å²) in [6.45, 7) is 2.31. The highest BCUT2D eigenvalue weighted by molar-refractivity contribution is 9.10. The van der Waals surface area contributed by atoms with Gasteiger partial charge >= 0.3 is 0 Å². The van der Waals surface area contributed by atoms with E-state index in [1.54, 1.807) is 7.11 Å². The first-order valence-corrected chi connectivity index (χ1v) is 8.96. The van der Waals surface area contributed by atoms with Crippen LogP contribution in [0.25, 0.3) is 0 Å².